The van der Waals surface area contributed by atoms with Crippen molar-refractivity contribution in [1.29, 1.82) is 0 Å². The summed E-state index contributed by atoms with van der Waals surface area (Å²) in [6.07, 6.45) is -8.19. The van der Waals surface area contributed by atoms with Gasteiger partial charge < -0.3 is 15.8 Å². The molecule has 48 heavy (non-hydrogen) atoms. The Bertz CT molecular complexity index is 1790. The number of amides is 2. The molecule has 10 nitrogen and oxygen atoms in total. The summed E-state index contributed by atoms with van der Waals surface area (Å²) in [7, 11) is 0. The van der Waals surface area contributed by atoms with E-state index in [4.69, 9.17) is 22.1 Å². The minimum atomic E-state index is -4.70. The molecule has 3 N–H and O–H groups in total. The first-order valence-electron chi connectivity index (χ1n) is 14.8. The van der Waals surface area contributed by atoms with Crippen LogP contribution in [0, 0.1) is 5.92 Å². The molecule has 1 atom stereocenters. The summed E-state index contributed by atoms with van der Waals surface area (Å²) in [6, 6.07) is 11.7. The average Bonchev–Trinajstić information content (AvgIpc) is 3.44. The van der Waals surface area contributed by atoms with Gasteiger partial charge >= 0.3 is 12.3 Å². The van der Waals surface area contributed by atoms with Crippen LogP contribution in [0.5, 0.6) is 0 Å². The maximum Gasteiger partial charge on any atom is 0.411 e. The molecule has 0 spiro atoms. The number of rotatable bonds is 11. The second kappa shape index (κ2) is 14.0. The molecule has 5 rings (SSSR count). The van der Waals surface area contributed by atoms with Crippen LogP contribution in [0.1, 0.15) is 66.6 Å². The monoisotopic (exact) mass is 711 g/mol. The van der Waals surface area contributed by atoms with Gasteiger partial charge in [0.05, 0.1) is 21.6 Å². The summed E-state index contributed by atoms with van der Waals surface area (Å²) in [5.41, 5.74) is 4.20. The molecule has 0 bridgehead atoms. The molecule has 256 valence electrons. The summed E-state index contributed by atoms with van der Waals surface area (Å²) in [4.78, 5) is 36.4. The number of aromatic nitrogens is 3. The first-order valence-corrected chi connectivity index (χ1v) is 16.0. The van der Waals surface area contributed by atoms with Crippen LogP contribution >= 0.6 is 22.9 Å². The van der Waals surface area contributed by atoms with Gasteiger partial charge in [0.1, 0.15) is 18.5 Å². The van der Waals surface area contributed by atoms with Crippen molar-refractivity contribution in [1.82, 2.24) is 25.0 Å². The van der Waals surface area contributed by atoms with Gasteiger partial charge in [0, 0.05) is 11.2 Å². The zero-order valence-electron chi connectivity index (χ0n) is 25.7. The number of ether oxygens (including phenoxy) is 1. The Morgan fingerprint density at radius 1 is 1.19 bits per heavy atom. The van der Waals surface area contributed by atoms with Crippen LogP contribution in [0.25, 0.3) is 15.8 Å². The van der Waals surface area contributed by atoms with Gasteiger partial charge in [0.2, 0.25) is 0 Å². The largest absolute Gasteiger partial charge is 0.447 e. The zero-order chi connectivity index (χ0) is 34.8. The van der Waals surface area contributed by atoms with Crippen molar-refractivity contribution in [2.45, 2.75) is 57.3 Å². The van der Waals surface area contributed by atoms with Gasteiger partial charge in [-0.05, 0) is 60.4 Å². The number of nitrogens with two attached hydrogens (primary N) is 1. The van der Waals surface area contributed by atoms with E-state index in [9.17, 15) is 31.5 Å². The smallest absolute Gasteiger partial charge is 0.411 e. The predicted octanol–water partition coefficient (Wildman–Crippen LogP) is 7.44. The third-order valence-electron chi connectivity index (χ3n) is 7.75. The summed E-state index contributed by atoms with van der Waals surface area (Å²) in [6.45, 7) is 3.48. The van der Waals surface area contributed by atoms with Crippen molar-refractivity contribution in [3.8, 4) is 5.69 Å². The van der Waals surface area contributed by atoms with Gasteiger partial charge in [0.25, 0.3) is 12.3 Å². The number of guanidine groups is 1. The molecule has 2 heterocycles. The van der Waals surface area contributed by atoms with E-state index in [2.05, 4.69) is 15.1 Å². The third kappa shape index (κ3) is 7.54. The number of fused-ring (bicyclic) bond motifs is 1. The lowest BCUT2D eigenvalue weighted by molar-refractivity contribution is -0.164. The molecule has 1 aliphatic rings. The van der Waals surface area contributed by atoms with Crippen LogP contribution in [0.2, 0.25) is 5.02 Å². The van der Waals surface area contributed by atoms with Gasteiger partial charge in [0.15, 0.2) is 11.8 Å². The topological polar surface area (TPSA) is 128 Å². The average molecular weight is 712 g/mol. The fraction of sp³-hybridized carbons (Fsp3) is 0.387. The number of hydrogen-bond acceptors (Lipinski definition) is 7. The molecule has 2 amide bonds. The third-order valence-corrected chi connectivity index (χ3v) is 9.18. The number of thiophene rings is 1. The first kappa shape index (κ1) is 35.0. The highest BCUT2D eigenvalue weighted by atomic mass is 35.5. The predicted molar refractivity (Wildman–Crippen MR) is 171 cm³/mol. The molecular weight excluding hydrogens is 681 g/mol. The molecular formula is C31H31ClF5N7O3S. The minimum absolute atomic E-state index is 0.00892. The van der Waals surface area contributed by atoms with Crippen LogP contribution in [-0.2, 0) is 4.74 Å². The van der Waals surface area contributed by atoms with E-state index in [0.29, 0.717) is 6.42 Å². The van der Waals surface area contributed by atoms with Crippen molar-refractivity contribution in [3.05, 3.63) is 76.1 Å². The Morgan fingerprint density at radius 3 is 2.56 bits per heavy atom. The van der Waals surface area contributed by atoms with Crippen molar-refractivity contribution in [2.24, 2.45) is 16.6 Å². The number of alkyl carbamates (subject to hydrolysis) is 1. The summed E-state index contributed by atoms with van der Waals surface area (Å²) in [5, 5.41) is 6.53. The van der Waals surface area contributed by atoms with Crippen molar-refractivity contribution < 1.29 is 36.3 Å². The fourth-order valence-corrected chi connectivity index (χ4v) is 6.12. The Hall–Kier alpha value is -4.31. The van der Waals surface area contributed by atoms with Crippen LogP contribution in [0.15, 0.2) is 59.9 Å². The number of carbonyl (C=O) groups is 2. The molecule has 2 aromatic carbocycles. The highest BCUT2D eigenvalue weighted by molar-refractivity contribution is 7.20. The molecule has 2 aromatic heterocycles. The van der Waals surface area contributed by atoms with Gasteiger partial charge in [-0.1, -0.05) is 49.7 Å². The Balaban J connectivity index is 1.59. The van der Waals surface area contributed by atoms with Crippen molar-refractivity contribution in [2.75, 3.05) is 13.2 Å². The zero-order valence-corrected chi connectivity index (χ0v) is 27.3. The molecule has 0 radical (unpaired) electrons. The van der Waals surface area contributed by atoms with E-state index in [-0.39, 0.29) is 52.4 Å². The SMILES string of the molecule is CC(C)CCN=C(N)N(C(=O)c1cc2ccccc2s1)[C@H](COC(=O)NC1(C(F)(F)F)CC1)c1ccc(Cl)c(-n2ncnc2C(F)F)c1. The Morgan fingerprint density at radius 2 is 1.92 bits per heavy atom. The van der Waals surface area contributed by atoms with Crippen molar-refractivity contribution in [3.63, 3.8) is 0 Å². The van der Waals surface area contributed by atoms with E-state index >= 15 is 0 Å². The van der Waals surface area contributed by atoms with Crippen LogP contribution < -0.4 is 11.1 Å². The maximum absolute atomic E-state index is 14.3. The fourth-order valence-electron chi connectivity index (χ4n) is 4.92. The van der Waals surface area contributed by atoms with E-state index in [1.807, 2.05) is 37.4 Å². The van der Waals surface area contributed by atoms with E-state index < -0.39 is 48.6 Å². The normalized spacial score (nSPS) is 15.2. The van der Waals surface area contributed by atoms with Gasteiger partial charge in [-0.2, -0.15) is 18.3 Å². The molecule has 1 fully saturated rings. The van der Waals surface area contributed by atoms with Crippen LogP contribution in [0.3, 0.4) is 0 Å². The second-order valence-electron chi connectivity index (χ2n) is 11.6. The molecule has 17 heteroatoms. The summed E-state index contributed by atoms with van der Waals surface area (Å²) in [5.74, 6) is -1.37. The van der Waals surface area contributed by atoms with Gasteiger partial charge in [-0.15, -0.1) is 11.3 Å². The van der Waals surface area contributed by atoms with Crippen LogP contribution in [0.4, 0.5) is 26.7 Å². The molecule has 1 aliphatic carbocycles. The van der Waals surface area contributed by atoms with E-state index in [0.717, 1.165) is 26.0 Å². The molecule has 0 saturated heterocycles. The highest BCUT2D eigenvalue weighted by Gasteiger charge is 2.64. The number of nitrogens with zero attached hydrogens (tertiary/aromatic N) is 5. The lowest BCUT2D eigenvalue weighted by Crippen LogP contribution is -2.49. The Labute approximate surface area is 280 Å². The standard InChI is InChI=1S/C31H31ClF5N7O3S/c1-17(2)9-12-39-28(38)43(27(45)24-14-19-5-3-4-6-23(19)48-24)22(15-47-29(46)42-30(10-11-30)31(35,36)37)18-7-8-20(32)21(13-18)44-26(25(33)34)40-16-41-44/h3-8,13-14,16-17,22,25H,9-12,15H2,1-2H3,(H2,38,39)(H,42,46)/t22-/m1/s1. The van der Waals surface area contributed by atoms with Gasteiger partial charge in [-0.25, -0.2) is 23.2 Å². The number of alkyl halides is 5. The summed E-state index contributed by atoms with van der Waals surface area (Å²) >= 11 is 7.57. The number of benzene rings is 2. The van der Waals surface area contributed by atoms with E-state index in [1.165, 1.54) is 29.5 Å². The Kier molecular flexibility index (Phi) is 10.2. The molecule has 1 saturated carbocycles. The summed E-state index contributed by atoms with van der Waals surface area (Å²) < 4.78 is 75.2. The number of carbonyl (C=O) groups excluding carboxylic acids is 2. The lowest BCUT2D eigenvalue weighted by atomic mass is 10.0. The number of nitrogens with one attached hydrogen (secondary N) is 1. The number of hydrogen-bond donors (Lipinski definition) is 2. The van der Waals surface area contributed by atoms with E-state index in [1.54, 1.807) is 12.1 Å². The number of aliphatic imine (C=N–C) groups is 1. The van der Waals surface area contributed by atoms with Gasteiger partial charge in [-0.3, -0.25) is 14.7 Å². The quantitative estimate of drug-likeness (QED) is 0.0946. The molecule has 4 aromatic rings. The maximum atomic E-state index is 14.3. The molecule has 0 aliphatic heterocycles. The molecule has 0 unspecified atom stereocenters. The first-order chi connectivity index (χ1) is 22.7. The van der Waals surface area contributed by atoms with Crippen LogP contribution in [-0.4, -0.2) is 62.5 Å². The lowest BCUT2D eigenvalue weighted by Gasteiger charge is -2.31. The second-order valence-corrected chi connectivity index (χ2v) is 13.1. The highest BCUT2D eigenvalue weighted by Crippen LogP contribution is 2.49. The van der Waals surface area contributed by atoms with Crippen molar-refractivity contribution >= 4 is 51.0 Å². The number of halogens is 6. The minimum Gasteiger partial charge on any atom is -0.447 e.